The van der Waals surface area contributed by atoms with Gasteiger partial charge in [-0.2, -0.15) is 0 Å². The Morgan fingerprint density at radius 3 is 3.00 bits per heavy atom. The summed E-state index contributed by atoms with van der Waals surface area (Å²) in [6.07, 6.45) is 7.78. The highest BCUT2D eigenvalue weighted by Crippen LogP contribution is 2.04. The molecular weight excluding hydrogens is 174 g/mol. The number of aromatic nitrogens is 2. The molecule has 0 atom stereocenters. The van der Waals surface area contributed by atoms with Gasteiger partial charge in [0, 0.05) is 18.3 Å². The molecular formula is C11H17N3. The second-order valence-corrected chi connectivity index (χ2v) is 3.03. The molecule has 1 rings (SSSR count). The molecule has 0 bridgehead atoms. The van der Waals surface area contributed by atoms with Crippen molar-refractivity contribution in [3.8, 4) is 0 Å². The van der Waals surface area contributed by atoms with Crippen LogP contribution in [0, 0.1) is 0 Å². The number of hydrogen-bond donors (Lipinski definition) is 1. The largest absolute Gasteiger partial charge is 0.370 e. The van der Waals surface area contributed by atoms with Crippen molar-refractivity contribution in [3.05, 3.63) is 30.2 Å². The third-order valence-corrected chi connectivity index (χ3v) is 1.94. The van der Waals surface area contributed by atoms with Crippen LogP contribution in [0.1, 0.15) is 26.0 Å². The van der Waals surface area contributed by atoms with E-state index >= 15 is 0 Å². The minimum absolute atomic E-state index is 0.918. The first-order valence-electron chi connectivity index (χ1n) is 5.02. The lowest BCUT2D eigenvalue weighted by atomic mass is 10.3. The van der Waals surface area contributed by atoms with Crippen LogP contribution in [0.4, 0.5) is 5.82 Å². The number of nitrogens with zero attached hydrogens (tertiary/aromatic N) is 2. The molecule has 3 heteroatoms. The highest BCUT2D eigenvalue weighted by molar-refractivity contribution is 5.34. The maximum Gasteiger partial charge on any atom is 0.129 e. The van der Waals surface area contributed by atoms with E-state index in [0.717, 1.165) is 30.9 Å². The molecule has 0 saturated heterocycles. The second kappa shape index (κ2) is 6.13. The Labute approximate surface area is 85.3 Å². The maximum absolute atomic E-state index is 4.14. The van der Waals surface area contributed by atoms with Gasteiger partial charge < -0.3 is 5.32 Å². The van der Waals surface area contributed by atoms with Crippen molar-refractivity contribution in [2.24, 2.45) is 0 Å². The van der Waals surface area contributed by atoms with E-state index in [0.29, 0.717) is 0 Å². The van der Waals surface area contributed by atoms with Crippen LogP contribution in [0.15, 0.2) is 24.5 Å². The summed E-state index contributed by atoms with van der Waals surface area (Å²) >= 11 is 0. The first-order valence-corrected chi connectivity index (χ1v) is 5.02. The Morgan fingerprint density at radius 2 is 2.29 bits per heavy atom. The van der Waals surface area contributed by atoms with Gasteiger partial charge in [-0.1, -0.05) is 19.1 Å². The molecule has 0 aromatic carbocycles. The molecule has 0 spiro atoms. The van der Waals surface area contributed by atoms with Crippen molar-refractivity contribution in [2.75, 3.05) is 11.9 Å². The number of rotatable bonds is 5. The monoisotopic (exact) mass is 191 g/mol. The summed E-state index contributed by atoms with van der Waals surface area (Å²) in [5.74, 6) is 0.918. The van der Waals surface area contributed by atoms with E-state index in [-0.39, 0.29) is 0 Å². The van der Waals surface area contributed by atoms with Crippen LogP contribution in [0.5, 0.6) is 0 Å². The van der Waals surface area contributed by atoms with Crippen molar-refractivity contribution in [2.45, 2.75) is 26.7 Å². The Balaban J connectivity index is 2.42. The first-order chi connectivity index (χ1) is 6.86. The molecule has 1 N–H and O–H groups in total. The minimum atomic E-state index is 0.918. The van der Waals surface area contributed by atoms with Crippen LogP contribution in [0.2, 0.25) is 0 Å². The summed E-state index contributed by atoms with van der Waals surface area (Å²) in [6, 6.07) is 2.00. The van der Waals surface area contributed by atoms with E-state index in [1.807, 2.05) is 13.0 Å². The molecule has 1 aromatic heterocycles. The van der Waals surface area contributed by atoms with Gasteiger partial charge in [-0.05, 0) is 19.8 Å². The molecule has 1 heterocycles. The Kier molecular flexibility index (Phi) is 4.69. The molecule has 3 nitrogen and oxygen atoms in total. The van der Waals surface area contributed by atoms with Crippen LogP contribution in [0.25, 0.3) is 0 Å². The zero-order chi connectivity index (χ0) is 10.2. The summed E-state index contributed by atoms with van der Waals surface area (Å²) in [5, 5.41) is 3.25. The third-order valence-electron chi connectivity index (χ3n) is 1.94. The highest BCUT2D eigenvalue weighted by atomic mass is 15.0. The molecule has 1 aromatic rings. The van der Waals surface area contributed by atoms with Gasteiger partial charge in [0.2, 0.25) is 0 Å². The number of hydrogen-bond acceptors (Lipinski definition) is 3. The molecule has 0 aliphatic heterocycles. The zero-order valence-electron chi connectivity index (χ0n) is 8.83. The molecule has 0 radical (unpaired) electrons. The topological polar surface area (TPSA) is 37.8 Å². The van der Waals surface area contributed by atoms with Crippen molar-refractivity contribution in [1.29, 1.82) is 0 Å². The molecule has 0 aliphatic rings. The minimum Gasteiger partial charge on any atom is -0.370 e. The van der Waals surface area contributed by atoms with Gasteiger partial charge in [0.05, 0.1) is 0 Å². The maximum atomic E-state index is 4.14. The Morgan fingerprint density at radius 1 is 1.43 bits per heavy atom. The van der Waals surface area contributed by atoms with E-state index in [1.165, 1.54) is 0 Å². The second-order valence-electron chi connectivity index (χ2n) is 3.03. The van der Waals surface area contributed by atoms with Crippen LogP contribution in [-0.4, -0.2) is 16.5 Å². The molecule has 14 heavy (non-hydrogen) atoms. The molecule has 0 saturated carbocycles. The standard InChI is InChI=1S/C11H17N3/c1-3-5-6-7-12-11-8-10(4-2)13-9-14-11/h3,5,8-9H,4,6-7H2,1-2H3,(H,12,13,14)/b5-3+. The van der Waals surface area contributed by atoms with E-state index in [1.54, 1.807) is 6.33 Å². The number of nitrogens with one attached hydrogen (secondary N) is 1. The lowest BCUT2D eigenvalue weighted by Gasteiger charge is -2.03. The average Bonchev–Trinajstić information content (AvgIpc) is 2.25. The first kappa shape index (κ1) is 10.7. The van der Waals surface area contributed by atoms with Crippen LogP contribution >= 0.6 is 0 Å². The average molecular weight is 191 g/mol. The number of anilines is 1. The van der Waals surface area contributed by atoms with Crippen LogP contribution in [0.3, 0.4) is 0 Å². The molecule has 0 amide bonds. The quantitative estimate of drug-likeness (QED) is 0.573. The van der Waals surface area contributed by atoms with Crippen molar-refractivity contribution < 1.29 is 0 Å². The van der Waals surface area contributed by atoms with Gasteiger partial charge in [-0.25, -0.2) is 9.97 Å². The number of aryl methyl sites for hydroxylation is 1. The van der Waals surface area contributed by atoms with Crippen molar-refractivity contribution in [3.63, 3.8) is 0 Å². The molecule has 0 fully saturated rings. The molecule has 76 valence electrons. The van der Waals surface area contributed by atoms with Gasteiger partial charge in [-0.3, -0.25) is 0 Å². The van der Waals surface area contributed by atoms with Crippen LogP contribution < -0.4 is 5.32 Å². The van der Waals surface area contributed by atoms with Crippen molar-refractivity contribution >= 4 is 5.82 Å². The summed E-state index contributed by atoms with van der Waals surface area (Å²) in [6.45, 7) is 5.04. The van der Waals surface area contributed by atoms with Gasteiger partial charge in [-0.15, -0.1) is 0 Å². The Bertz CT molecular complexity index is 294. The fourth-order valence-electron chi connectivity index (χ4n) is 1.14. The SMILES string of the molecule is C/C=C/CCNc1cc(CC)ncn1. The summed E-state index contributed by atoms with van der Waals surface area (Å²) in [7, 11) is 0. The number of allylic oxidation sites excluding steroid dienone is 1. The molecule has 0 unspecified atom stereocenters. The van der Waals surface area contributed by atoms with E-state index in [9.17, 15) is 0 Å². The fourth-order valence-corrected chi connectivity index (χ4v) is 1.14. The molecule has 0 aliphatic carbocycles. The van der Waals surface area contributed by atoms with Crippen LogP contribution in [-0.2, 0) is 6.42 Å². The van der Waals surface area contributed by atoms with E-state index in [2.05, 4.69) is 34.4 Å². The zero-order valence-corrected chi connectivity index (χ0v) is 8.83. The van der Waals surface area contributed by atoms with Gasteiger partial charge in [0.25, 0.3) is 0 Å². The smallest absolute Gasteiger partial charge is 0.129 e. The predicted octanol–water partition coefficient (Wildman–Crippen LogP) is 2.42. The normalized spacial score (nSPS) is 10.7. The van der Waals surface area contributed by atoms with E-state index < -0.39 is 0 Å². The van der Waals surface area contributed by atoms with Gasteiger partial charge in [0.15, 0.2) is 0 Å². The fraction of sp³-hybridized carbons (Fsp3) is 0.455. The lowest BCUT2D eigenvalue weighted by molar-refractivity contribution is 0.979. The van der Waals surface area contributed by atoms with Crippen molar-refractivity contribution in [1.82, 2.24) is 9.97 Å². The highest BCUT2D eigenvalue weighted by Gasteiger charge is 1.94. The van der Waals surface area contributed by atoms with Gasteiger partial charge in [0.1, 0.15) is 12.1 Å². The third kappa shape index (κ3) is 3.56. The summed E-state index contributed by atoms with van der Waals surface area (Å²) in [5.41, 5.74) is 1.08. The lowest BCUT2D eigenvalue weighted by Crippen LogP contribution is -2.03. The van der Waals surface area contributed by atoms with Gasteiger partial charge >= 0.3 is 0 Å². The summed E-state index contributed by atoms with van der Waals surface area (Å²) in [4.78, 5) is 8.28. The summed E-state index contributed by atoms with van der Waals surface area (Å²) < 4.78 is 0. The van der Waals surface area contributed by atoms with E-state index in [4.69, 9.17) is 0 Å². The Hall–Kier alpha value is -1.38. The predicted molar refractivity (Wildman–Crippen MR) is 59.3 cm³/mol.